The Bertz CT molecular complexity index is 619. The standard InChI is InChI=1S/C17H21F2N3O/c1-17(2,10-20)15-5-4-14(22(15)16(23)9-21-3)11-6-12(18)8-13(19)7-11/h6-8,14-15,21H,4-5,9H2,1-3H3. The van der Waals surface area contributed by atoms with Gasteiger partial charge >= 0.3 is 0 Å². The molecule has 0 bridgehead atoms. The van der Waals surface area contributed by atoms with Crippen LogP contribution in [-0.2, 0) is 4.79 Å². The summed E-state index contributed by atoms with van der Waals surface area (Å²) in [6.45, 7) is 3.68. The van der Waals surface area contributed by atoms with Crippen LogP contribution in [0.1, 0.15) is 38.3 Å². The van der Waals surface area contributed by atoms with Crippen LogP contribution in [0.4, 0.5) is 8.78 Å². The largest absolute Gasteiger partial charge is 0.330 e. The Hall–Kier alpha value is -2.00. The maximum Gasteiger partial charge on any atom is 0.237 e. The number of carbonyl (C=O) groups excluding carboxylic acids is 1. The first-order valence-corrected chi connectivity index (χ1v) is 7.63. The summed E-state index contributed by atoms with van der Waals surface area (Å²) in [5.74, 6) is -1.50. The van der Waals surface area contributed by atoms with Gasteiger partial charge in [0, 0.05) is 6.07 Å². The summed E-state index contributed by atoms with van der Waals surface area (Å²) < 4.78 is 27.1. The van der Waals surface area contributed by atoms with Crippen molar-refractivity contribution in [2.45, 2.75) is 38.8 Å². The Balaban J connectivity index is 2.42. The van der Waals surface area contributed by atoms with Gasteiger partial charge < -0.3 is 10.2 Å². The van der Waals surface area contributed by atoms with Crippen LogP contribution in [0, 0.1) is 28.4 Å². The molecule has 0 aromatic heterocycles. The number of hydrogen-bond donors (Lipinski definition) is 1. The molecule has 1 saturated heterocycles. The van der Waals surface area contributed by atoms with Gasteiger partial charge in [0.2, 0.25) is 5.91 Å². The van der Waals surface area contributed by atoms with E-state index >= 15 is 0 Å². The van der Waals surface area contributed by atoms with E-state index in [1.54, 1.807) is 25.8 Å². The number of nitriles is 1. The number of likely N-dealkylation sites (N-methyl/N-ethyl adjacent to an activating group) is 1. The van der Waals surface area contributed by atoms with Crippen LogP contribution in [0.5, 0.6) is 0 Å². The molecule has 1 aromatic rings. The van der Waals surface area contributed by atoms with E-state index in [4.69, 9.17) is 0 Å². The molecule has 0 spiro atoms. The van der Waals surface area contributed by atoms with Crippen LogP contribution in [0.3, 0.4) is 0 Å². The van der Waals surface area contributed by atoms with Crippen molar-refractivity contribution in [2.24, 2.45) is 5.41 Å². The molecule has 2 unspecified atom stereocenters. The highest BCUT2D eigenvalue weighted by Gasteiger charge is 2.45. The third-order valence-corrected chi connectivity index (χ3v) is 4.39. The zero-order valence-electron chi connectivity index (χ0n) is 13.6. The van der Waals surface area contributed by atoms with E-state index in [2.05, 4.69) is 11.4 Å². The lowest BCUT2D eigenvalue weighted by atomic mass is 9.84. The lowest BCUT2D eigenvalue weighted by molar-refractivity contribution is -0.134. The van der Waals surface area contributed by atoms with Gasteiger partial charge in [-0.15, -0.1) is 0 Å². The molecule has 1 aromatic carbocycles. The van der Waals surface area contributed by atoms with Gasteiger partial charge in [0.1, 0.15) is 11.6 Å². The van der Waals surface area contributed by atoms with Crippen LogP contribution in [0.25, 0.3) is 0 Å². The van der Waals surface area contributed by atoms with Crippen molar-refractivity contribution in [3.05, 3.63) is 35.4 Å². The monoisotopic (exact) mass is 321 g/mol. The number of hydrogen-bond acceptors (Lipinski definition) is 3. The highest BCUT2D eigenvalue weighted by atomic mass is 19.1. The van der Waals surface area contributed by atoms with E-state index in [9.17, 15) is 18.8 Å². The molecular weight excluding hydrogens is 300 g/mol. The van der Waals surface area contributed by atoms with Crippen molar-refractivity contribution in [3.63, 3.8) is 0 Å². The van der Waals surface area contributed by atoms with Gasteiger partial charge in [-0.1, -0.05) is 0 Å². The molecule has 2 rings (SSSR count). The molecular formula is C17H21F2N3O. The first-order valence-electron chi connectivity index (χ1n) is 7.63. The number of nitrogens with zero attached hydrogens (tertiary/aromatic N) is 2. The minimum Gasteiger partial charge on any atom is -0.330 e. The fourth-order valence-electron chi connectivity index (χ4n) is 3.28. The van der Waals surface area contributed by atoms with E-state index in [0.717, 1.165) is 6.07 Å². The second-order valence-electron chi connectivity index (χ2n) is 6.48. The molecule has 1 aliphatic rings. The van der Waals surface area contributed by atoms with E-state index in [-0.39, 0.29) is 18.5 Å². The van der Waals surface area contributed by atoms with Gasteiger partial charge in [0.05, 0.1) is 30.1 Å². The molecule has 0 radical (unpaired) electrons. The number of rotatable bonds is 4. The predicted octanol–water partition coefficient (Wildman–Crippen LogP) is 2.77. The summed E-state index contributed by atoms with van der Waals surface area (Å²) in [6, 6.07) is 4.87. The Labute approximate surface area is 135 Å². The summed E-state index contributed by atoms with van der Waals surface area (Å²) in [7, 11) is 1.66. The topological polar surface area (TPSA) is 56.1 Å². The predicted molar refractivity (Wildman–Crippen MR) is 82.3 cm³/mol. The minimum absolute atomic E-state index is 0.117. The molecule has 1 N–H and O–H groups in total. The first kappa shape index (κ1) is 17.4. The Morgan fingerprint density at radius 2 is 1.96 bits per heavy atom. The Morgan fingerprint density at radius 1 is 1.35 bits per heavy atom. The van der Waals surface area contributed by atoms with Crippen molar-refractivity contribution < 1.29 is 13.6 Å². The Morgan fingerprint density at radius 3 is 2.48 bits per heavy atom. The van der Waals surface area contributed by atoms with Crippen LogP contribution >= 0.6 is 0 Å². The third kappa shape index (κ3) is 3.50. The smallest absolute Gasteiger partial charge is 0.237 e. The van der Waals surface area contributed by atoms with Crippen LogP contribution in [-0.4, -0.2) is 30.4 Å². The second kappa shape index (κ2) is 6.63. The molecule has 1 fully saturated rings. The molecule has 0 aliphatic carbocycles. The van der Waals surface area contributed by atoms with Gasteiger partial charge in [-0.2, -0.15) is 5.26 Å². The zero-order chi connectivity index (χ0) is 17.2. The number of carbonyl (C=O) groups is 1. The van der Waals surface area contributed by atoms with Crippen LogP contribution in [0.15, 0.2) is 18.2 Å². The lowest BCUT2D eigenvalue weighted by Crippen LogP contribution is -2.47. The minimum atomic E-state index is -0.732. The molecule has 4 nitrogen and oxygen atoms in total. The van der Waals surface area contributed by atoms with E-state index in [1.807, 2.05) is 0 Å². The summed E-state index contributed by atoms with van der Waals surface area (Å²) in [4.78, 5) is 14.2. The van der Waals surface area contributed by atoms with Crippen LogP contribution in [0.2, 0.25) is 0 Å². The highest BCUT2D eigenvalue weighted by molar-refractivity contribution is 5.79. The van der Waals surface area contributed by atoms with Gasteiger partial charge in [-0.3, -0.25) is 4.79 Å². The number of halogens is 2. The number of nitrogens with one attached hydrogen (secondary N) is 1. The fraction of sp³-hybridized carbons (Fsp3) is 0.529. The molecule has 1 aliphatic heterocycles. The summed E-state index contributed by atoms with van der Waals surface area (Å²) in [5, 5.41) is 12.2. The van der Waals surface area contributed by atoms with E-state index in [0.29, 0.717) is 18.4 Å². The van der Waals surface area contributed by atoms with Crippen molar-refractivity contribution in [3.8, 4) is 6.07 Å². The molecule has 2 atom stereocenters. The Kier molecular flexibility index (Phi) is 5.00. The second-order valence-corrected chi connectivity index (χ2v) is 6.48. The number of likely N-dealkylation sites (tertiary alicyclic amines) is 1. The molecule has 0 saturated carbocycles. The quantitative estimate of drug-likeness (QED) is 0.928. The zero-order valence-corrected chi connectivity index (χ0v) is 13.6. The summed E-state index contributed by atoms with van der Waals surface area (Å²) >= 11 is 0. The third-order valence-electron chi connectivity index (χ3n) is 4.39. The molecule has 124 valence electrons. The van der Waals surface area contributed by atoms with Crippen molar-refractivity contribution in [1.29, 1.82) is 5.26 Å². The van der Waals surface area contributed by atoms with Gasteiger partial charge in [0.25, 0.3) is 0 Å². The van der Waals surface area contributed by atoms with Gasteiger partial charge in [-0.25, -0.2) is 8.78 Å². The van der Waals surface area contributed by atoms with Crippen LogP contribution < -0.4 is 5.32 Å². The average Bonchev–Trinajstić information content (AvgIpc) is 2.92. The van der Waals surface area contributed by atoms with Crippen molar-refractivity contribution in [2.75, 3.05) is 13.6 Å². The summed E-state index contributed by atoms with van der Waals surface area (Å²) in [6.07, 6.45) is 1.20. The van der Waals surface area contributed by atoms with Crippen molar-refractivity contribution >= 4 is 5.91 Å². The number of benzene rings is 1. The summed E-state index contributed by atoms with van der Waals surface area (Å²) in [5.41, 5.74) is -0.299. The molecule has 6 heteroatoms. The van der Waals surface area contributed by atoms with Gasteiger partial charge in [-0.05, 0) is 51.4 Å². The SMILES string of the molecule is CNCC(=O)N1C(c2cc(F)cc(F)c2)CCC1C(C)(C)C#N. The molecule has 1 heterocycles. The van der Waals surface area contributed by atoms with E-state index < -0.39 is 23.1 Å². The number of amides is 1. The average molecular weight is 321 g/mol. The molecule has 23 heavy (non-hydrogen) atoms. The van der Waals surface area contributed by atoms with E-state index in [1.165, 1.54) is 12.1 Å². The van der Waals surface area contributed by atoms with Gasteiger partial charge in [0.15, 0.2) is 0 Å². The maximum absolute atomic E-state index is 13.5. The van der Waals surface area contributed by atoms with Crippen molar-refractivity contribution in [1.82, 2.24) is 10.2 Å². The molecule has 1 amide bonds. The highest BCUT2D eigenvalue weighted by Crippen LogP contribution is 2.43. The maximum atomic E-state index is 13.5. The first-order chi connectivity index (χ1) is 10.8. The fourth-order valence-corrected chi connectivity index (χ4v) is 3.28. The lowest BCUT2D eigenvalue weighted by Gasteiger charge is -2.36. The normalized spacial score (nSPS) is 21.3.